The first kappa shape index (κ1) is 14.2. The topological polar surface area (TPSA) is 47.6 Å². The molecular formula is C14H18ClNO3. The zero-order chi connectivity index (χ0) is 13.9. The second-order valence-corrected chi connectivity index (χ2v) is 5.08. The van der Waals surface area contributed by atoms with Crippen molar-refractivity contribution >= 4 is 23.3 Å². The average molecular weight is 284 g/mol. The summed E-state index contributed by atoms with van der Waals surface area (Å²) in [6.45, 7) is 2.16. The predicted molar refractivity (Wildman–Crippen MR) is 74.5 cm³/mol. The standard InChI is InChI=1S/C14H18ClNO3/c1-3-19-13(17)14(8-10(9-14)18-2)16-12-7-5-4-6-11(12)15/h4-7,10,16H,3,8-9H2,1-2H3. The van der Waals surface area contributed by atoms with Crippen LogP contribution in [0, 0.1) is 0 Å². The van der Waals surface area contributed by atoms with E-state index in [9.17, 15) is 4.79 Å². The van der Waals surface area contributed by atoms with E-state index in [2.05, 4.69) is 5.32 Å². The number of hydrogen-bond donors (Lipinski definition) is 1. The van der Waals surface area contributed by atoms with Gasteiger partial charge in [-0.05, 0) is 19.1 Å². The number of anilines is 1. The third-order valence-corrected chi connectivity index (χ3v) is 3.73. The van der Waals surface area contributed by atoms with Gasteiger partial charge in [-0.25, -0.2) is 4.79 Å². The number of esters is 1. The lowest BCUT2D eigenvalue weighted by Crippen LogP contribution is -2.59. The van der Waals surface area contributed by atoms with Crippen molar-refractivity contribution in [3.63, 3.8) is 0 Å². The largest absolute Gasteiger partial charge is 0.464 e. The van der Waals surface area contributed by atoms with E-state index in [0.717, 1.165) is 5.69 Å². The molecule has 1 fully saturated rings. The van der Waals surface area contributed by atoms with Gasteiger partial charge in [0.05, 0.1) is 23.4 Å². The van der Waals surface area contributed by atoms with Gasteiger partial charge in [0.15, 0.2) is 0 Å². The van der Waals surface area contributed by atoms with E-state index in [4.69, 9.17) is 21.1 Å². The molecule has 0 unspecified atom stereocenters. The van der Waals surface area contributed by atoms with Crippen LogP contribution in [0.3, 0.4) is 0 Å². The highest BCUT2D eigenvalue weighted by Crippen LogP contribution is 2.39. The van der Waals surface area contributed by atoms with Crippen molar-refractivity contribution in [3.05, 3.63) is 29.3 Å². The van der Waals surface area contributed by atoms with Gasteiger partial charge in [-0.2, -0.15) is 0 Å². The zero-order valence-electron chi connectivity index (χ0n) is 11.1. The van der Waals surface area contributed by atoms with Crippen LogP contribution in [0.4, 0.5) is 5.69 Å². The van der Waals surface area contributed by atoms with Crippen molar-refractivity contribution in [1.29, 1.82) is 0 Å². The molecule has 0 radical (unpaired) electrons. The summed E-state index contributed by atoms with van der Waals surface area (Å²) in [6, 6.07) is 7.36. The minimum Gasteiger partial charge on any atom is -0.464 e. The molecule has 0 heterocycles. The monoisotopic (exact) mass is 283 g/mol. The van der Waals surface area contributed by atoms with Crippen molar-refractivity contribution in [2.75, 3.05) is 19.0 Å². The van der Waals surface area contributed by atoms with Crippen LogP contribution < -0.4 is 5.32 Å². The summed E-state index contributed by atoms with van der Waals surface area (Å²) in [5.74, 6) is -0.247. The van der Waals surface area contributed by atoms with Crippen LogP contribution in [0.1, 0.15) is 19.8 Å². The van der Waals surface area contributed by atoms with Gasteiger partial charge in [0.25, 0.3) is 0 Å². The van der Waals surface area contributed by atoms with Gasteiger partial charge in [-0.3, -0.25) is 0 Å². The van der Waals surface area contributed by atoms with Gasteiger partial charge in [0.2, 0.25) is 0 Å². The van der Waals surface area contributed by atoms with E-state index < -0.39 is 5.54 Å². The van der Waals surface area contributed by atoms with Crippen LogP contribution in [0.25, 0.3) is 0 Å². The Bertz CT molecular complexity index is 458. The van der Waals surface area contributed by atoms with Crippen LogP contribution in [0.15, 0.2) is 24.3 Å². The fraction of sp³-hybridized carbons (Fsp3) is 0.500. The Morgan fingerprint density at radius 3 is 2.74 bits per heavy atom. The minimum atomic E-state index is -0.721. The summed E-state index contributed by atoms with van der Waals surface area (Å²) in [5.41, 5.74) is 0.0218. The maximum atomic E-state index is 12.1. The maximum absolute atomic E-state index is 12.1. The average Bonchev–Trinajstić information content (AvgIpc) is 2.35. The number of carbonyl (C=O) groups is 1. The number of rotatable bonds is 5. The number of ether oxygens (including phenoxy) is 2. The number of halogens is 1. The molecule has 1 aliphatic carbocycles. The van der Waals surface area contributed by atoms with E-state index in [1.165, 1.54) is 0 Å². The van der Waals surface area contributed by atoms with E-state index in [-0.39, 0.29) is 12.1 Å². The Morgan fingerprint density at radius 1 is 1.47 bits per heavy atom. The molecule has 1 N–H and O–H groups in total. The number of methoxy groups -OCH3 is 1. The molecule has 5 heteroatoms. The SMILES string of the molecule is CCOC(=O)C1(Nc2ccccc2Cl)CC(OC)C1. The lowest BCUT2D eigenvalue weighted by molar-refractivity contribution is -0.157. The Morgan fingerprint density at radius 2 is 2.16 bits per heavy atom. The van der Waals surface area contributed by atoms with E-state index in [1.54, 1.807) is 20.1 Å². The highest BCUT2D eigenvalue weighted by atomic mass is 35.5. The normalized spacial score (nSPS) is 25.5. The first-order chi connectivity index (χ1) is 9.11. The second kappa shape index (κ2) is 5.80. The van der Waals surface area contributed by atoms with Gasteiger partial charge in [-0.1, -0.05) is 23.7 Å². The molecule has 2 rings (SSSR count). The Hall–Kier alpha value is -1.26. The first-order valence-electron chi connectivity index (χ1n) is 6.34. The van der Waals surface area contributed by atoms with E-state index in [0.29, 0.717) is 24.5 Å². The molecule has 0 spiro atoms. The molecular weight excluding hydrogens is 266 g/mol. The number of benzene rings is 1. The lowest BCUT2D eigenvalue weighted by Gasteiger charge is -2.45. The van der Waals surface area contributed by atoms with Crippen molar-refractivity contribution in [2.45, 2.75) is 31.4 Å². The van der Waals surface area contributed by atoms with Crippen LogP contribution in [-0.4, -0.2) is 31.3 Å². The summed E-state index contributed by atoms with van der Waals surface area (Å²) in [6.07, 6.45) is 1.26. The predicted octanol–water partition coefficient (Wildman–Crippen LogP) is 2.86. The molecule has 4 nitrogen and oxygen atoms in total. The second-order valence-electron chi connectivity index (χ2n) is 4.67. The lowest BCUT2D eigenvalue weighted by atomic mass is 9.74. The summed E-state index contributed by atoms with van der Waals surface area (Å²) in [4.78, 5) is 12.1. The summed E-state index contributed by atoms with van der Waals surface area (Å²) < 4.78 is 10.4. The quantitative estimate of drug-likeness (QED) is 0.844. The van der Waals surface area contributed by atoms with E-state index in [1.807, 2.05) is 18.2 Å². The summed E-state index contributed by atoms with van der Waals surface area (Å²) in [5, 5.41) is 3.81. The molecule has 0 atom stereocenters. The molecule has 0 aliphatic heterocycles. The first-order valence-corrected chi connectivity index (χ1v) is 6.72. The smallest absolute Gasteiger partial charge is 0.331 e. The molecule has 1 saturated carbocycles. The van der Waals surface area contributed by atoms with Gasteiger partial charge in [0.1, 0.15) is 5.54 Å². The molecule has 1 aromatic rings. The van der Waals surface area contributed by atoms with E-state index >= 15 is 0 Å². The van der Waals surface area contributed by atoms with Crippen LogP contribution >= 0.6 is 11.6 Å². The molecule has 0 amide bonds. The maximum Gasteiger partial charge on any atom is 0.331 e. The van der Waals surface area contributed by atoms with Crippen LogP contribution in [0.5, 0.6) is 0 Å². The highest BCUT2D eigenvalue weighted by molar-refractivity contribution is 6.33. The molecule has 0 bridgehead atoms. The van der Waals surface area contributed by atoms with Crippen molar-refractivity contribution in [2.24, 2.45) is 0 Å². The Kier molecular flexibility index (Phi) is 4.32. The summed E-state index contributed by atoms with van der Waals surface area (Å²) >= 11 is 6.12. The zero-order valence-corrected chi connectivity index (χ0v) is 11.9. The van der Waals surface area contributed by atoms with Gasteiger partial charge in [0, 0.05) is 20.0 Å². The fourth-order valence-electron chi connectivity index (χ4n) is 2.29. The van der Waals surface area contributed by atoms with Crippen molar-refractivity contribution in [1.82, 2.24) is 0 Å². The minimum absolute atomic E-state index is 0.0828. The van der Waals surface area contributed by atoms with Gasteiger partial charge < -0.3 is 14.8 Å². The van der Waals surface area contributed by atoms with Crippen LogP contribution in [-0.2, 0) is 14.3 Å². The molecule has 104 valence electrons. The van der Waals surface area contributed by atoms with Gasteiger partial charge in [-0.15, -0.1) is 0 Å². The molecule has 19 heavy (non-hydrogen) atoms. The molecule has 0 aromatic heterocycles. The third kappa shape index (κ3) is 2.85. The fourth-order valence-corrected chi connectivity index (χ4v) is 2.48. The number of para-hydroxylation sites is 1. The Balaban J connectivity index is 2.16. The molecule has 1 aliphatic rings. The number of carbonyl (C=O) groups excluding carboxylic acids is 1. The van der Waals surface area contributed by atoms with Crippen LogP contribution in [0.2, 0.25) is 5.02 Å². The number of nitrogens with one attached hydrogen (secondary N) is 1. The molecule has 1 aromatic carbocycles. The summed E-state index contributed by atoms with van der Waals surface area (Å²) in [7, 11) is 1.65. The third-order valence-electron chi connectivity index (χ3n) is 3.40. The van der Waals surface area contributed by atoms with Crippen molar-refractivity contribution in [3.8, 4) is 0 Å². The van der Waals surface area contributed by atoms with Crippen molar-refractivity contribution < 1.29 is 14.3 Å². The number of hydrogen-bond acceptors (Lipinski definition) is 4. The molecule has 0 saturated heterocycles. The Labute approximate surface area is 118 Å². The van der Waals surface area contributed by atoms with Gasteiger partial charge >= 0.3 is 5.97 Å². The highest BCUT2D eigenvalue weighted by Gasteiger charge is 2.52.